The van der Waals surface area contributed by atoms with E-state index in [0.29, 0.717) is 29.5 Å². The number of rotatable bonds is 7. The van der Waals surface area contributed by atoms with Crippen molar-refractivity contribution in [3.8, 4) is 11.5 Å². The van der Waals surface area contributed by atoms with Crippen LogP contribution in [0.4, 0.5) is 0 Å². The molecule has 0 atom stereocenters. The Labute approximate surface area is 107 Å². The molecule has 2 rings (SSSR count). The predicted octanol–water partition coefficient (Wildman–Crippen LogP) is 2.03. The van der Waals surface area contributed by atoms with E-state index in [1.165, 1.54) is 12.8 Å². The van der Waals surface area contributed by atoms with Gasteiger partial charge in [-0.25, -0.2) is 0 Å². The maximum Gasteiger partial charge on any atom is 0.164 e. The van der Waals surface area contributed by atoms with Crippen LogP contribution in [0, 0.1) is 0 Å². The average Bonchev–Trinajstić information content (AvgIpc) is 3.21. The summed E-state index contributed by atoms with van der Waals surface area (Å²) in [5.74, 6) is 1.37. The van der Waals surface area contributed by atoms with E-state index in [1.54, 1.807) is 32.4 Å². The number of Topliss-reactive ketones (excluding diaryl/α,β-unsaturated/α-hetero) is 1. The zero-order valence-electron chi connectivity index (χ0n) is 10.9. The fourth-order valence-electron chi connectivity index (χ4n) is 1.83. The van der Waals surface area contributed by atoms with Crippen molar-refractivity contribution >= 4 is 5.78 Å². The third kappa shape index (κ3) is 3.23. The van der Waals surface area contributed by atoms with E-state index in [-0.39, 0.29) is 5.78 Å². The lowest BCUT2D eigenvalue weighted by molar-refractivity contribution is 0.0982. The van der Waals surface area contributed by atoms with Crippen molar-refractivity contribution < 1.29 is 14.3 Å². The number of benzene rings is 1. The highest BCUT2D eigenvalue weighted by molar-refractivity contribution is 5.96. The number of carbonyl (C=O) groups is 1. The van der Waals surface area contributed by atoms with Crippen LogP contribution >= 0.6 is 0 Å². The minimum Gasteiger partial charge on any atom is -0.493 e. The van der Waals surface area contributed by atoms with Crippen LogP contribution < -0.4 is 14.8 Å². The van der Waals surface area contributed by atoms with Gasteiger partial charge in [-0.1, -0.05) is 0 Å². The van der Waals surface area contributed by atoms with Crippen molar-refractivity contribution in [3.05, 3.63) is 23.8 Å². The zero-order valence-corrected chi connectivity index (χ0v) is 10.9. The average molecular weight is 249 g/mol. The molecule has 0 saturated heterocycles. The van der Waals surface area contributed by atoms with E-state index in [0.717, 1.165) is 6.54 Å². The molecule has 1 fully saturated rings. The Kier molecular flexibility index (Phi) is 4.20. The molecule has 98 valence electrons. The summed E-state index contributed by atoms with van der Waals surface area (Å²) in [5, 5.41) is 3.33. The monoisotopic (exact) mass is 249 g/mol. The highest BCUT2D eigenvalue weighted by Gasteiger charge is 2.20. The Morgan fingerprint density at radius 2 is 2.00 bits per heavy atom. The van der Waals surface area contributed by atoms with Crippen LogP contribution in [0.2, 0.25) is 0 Å². The van der Waals surface area contributed by atoms with E-state index < -0.39 is 0 Å². The zero-order chi connectivity index (χ0) is 13.0. The second kappa shape index (κ2) is 5.87. The Balaban J connectivity index is 1.95. The van der Waals surface area contributed by atoms with Gasteiger partial charge in [-0.15, -0.1) is 0 Å². The molecule has 18 heavy (non-hydrogen) atoms. The van der Waals surface area contributed by atoms with Gasteiger partial charge in [-0.3, -0.25) is 4.79 Å². The highest BCUT2D eigenvalue weighted by Crippen LogP contribution is 2.28. The second-order valence-electron chi connectivity index (χ2n) is 4.47. The summed E-state index contributed by atoms with van der Waals surface area (Å²) in [4.78, 5) is 12.0. The summed E-state index contributed by atoms with van der Waals surface area (Å²) in [6, 6.07) is 5.92. The molecule has 0 amide bonds. The fraction of sp³-hybridized carbons (Fsp3) is 0.500. The van der Waals surface area contributed by atoms with Gasteiger partial charge in [0.15, 0.2) is 17.3 Å². The van der Waals surface area contributed by atoms with Gasteiger partial charge in [0.1, 0.15) is 0 Å². The van der Waals surface area contributed by atoms with Crippen LogP contribution in [0.5, 0.6) is 11.5 Å². The van der Waals surface area contributed by atoms with Crippen molar-refractivity contribution in [1.82, 2.24) is 5.32 Å². The summed E-state index contributed by atoms with van der Waals surface area (Å²) in [7, 11) is 3.15. The first-order valence-electron chi connectivity index (χ1n) is 6.23. The van der Waals surface area contributed by atoms with Crippen LogP contribution in [-0.2, 0) is 0 Å². The number of nitrogens with one attached hydrogen (secondary N) is 1. The molecule has 0 bridgehead atoms. The lowest BCUT2D eigenvalue weighted by Gasteiger charge is -2.09. The Bertz CT molecular complexity index is 427. The van der Waals surface area contributed by atoms with Crippen molar-refractivity contribution in [3.63, 3.8) is 0 Å². The normalized spacial score (nSPS) is 14.3. The summed E-state index contributed by atoms with van der Waals surface area (Å²) in [5.41, 5.74) is 0.672. The van der Waals surface area contributed by atoms with Gasteiger partial charge >= 0.3 is 0 Å². The van der Waals surface area contributed by atoms with E-state index in [2.05, 4.69) is 5.32 Å². The molecule has 1 aliphatic carbocycles. The van der Waals surface area contributed by atoms with E-state index >= 15 is 0 Å². The molecule has 0 aromatic heterocycles. The largest absolute Gasteiger partial charge is 0.493 e. The summed E-state index contributed by atoms with van der Waals surface area (Å²) < 4.78 is 10.3. The highest BCUT2D eigenvalue weighted by atomic mass is 16.5. The maximum atomic E-state index is 12.0. The summed E-state index contributed by atoms with van der Waals surface area (Å²) >= 11 is 0. The van der Waals surface area contributed by atoms with E-state index in [4.69, 9.17) is 9.47 Å². The van der Waals surface area contributed by atoms with Crippen molar-refractivity contribution in [2.75, 3.05) is 20.8 Å². The SMILES string of the molecule is COc1ccc(C(=O)CCNC2CC2)cc1OC. The Morgan fingerprint density at radius 3 is 2.61 bits per heavy atom. The van der Waals surface area contributed by atoms with Gasteiger partial charge in [0.25, 0.3) is 0 Å². The molecule has 1 aliphatic rings. The lowest BCUT2D eigenvalue weighted by atomic mass is 10.1. The minimum absolute atomic E-state index is 0.129. The van der Waals surface area contributed by atoms with Crippen molar-refractivity contribution in [2.24, 2.45) is 0 Å². The number of hydrogen-bond donors (Lipinski definition) is 1. The standard InChI is InChI=1S/C14H19NO3/c1-17-13-6-3-10(9-14(13)18-2)12(16)7-8-15-11-4-5-11/h3,6,9,11,15H,4-5,7-8H2,1-2H3. The molecule has 0 heterocycles. The Hall–Kier alpha value is -1.55. The van der Waals surface area contributed by atoms with Crippen LogP contribution in [-0.4, -0.2) is 32.6 Å². The molecule has 1 aromatic rings. The van der Waals surface area contributed by atoms with Crippen LogP contribution in [0.3, 0.4) is 0 Å². The van der Waals surface area contributed by atoms with Gasteiger partial charge in [-0.2, -0.15) is 0 Å². The minimum atomic E-state index is 0.129. The van der Waals surface area contributed by atoms with Gasteiger partial charge in [-0.05, 0) is 31.0 Å². The third-order valence-electron chi connectivity index (χ3n) is 3.07. The second-order valence-corrected chi connectivity index (χ2v) is 4.47. The van der Waals surface area contributed by atoms with Gasteiger partial charge < -0.3 is 14.8 Å². The first kappa shape index (κ1) is 12.9. The molecule has 1 aromatic carbocycles. The van der Waals surface area contributed by atoms with E-state index in [9.17, 15) is 4.79 Å². The lowest BCUT2D eigenvalue weighted by Crippen LogP contribution is -2.20. The first-order chi connectivity index (χ1) is 8.74. The summed E-state index contributed by atoms with van der Waals surface area (Å²) in [6.45, 7) is 0.748. The van der Waals surface area contributed by atoms with Crippen LogP contribution in [0.25, 0.3) is 0 Å². The fourth-order valence-corrected chi connectivity index (χ4v) is 1.83. The number of ether oxygens (including phenoxy) is 2. The Morgan fingerprint density at radius 1 is 1.28 bits per heavy atom. The molecule has 1 saturated carbocycles. The number of ketones is 1. The van der Waals surface area contributed by atoms with E-state index in [1.807, 2.05) is 0 Å². The van der Waals surface area contributed by atoms with Crippen molar-refractivity contribution in [1.29, 1.82) is 0 Å². The number of hydrogen-bond acceptors (Lipinski definition) is 4. The van der Waals surface area contributed by atoms with Gasteiger partial charge in [0.05, 0.1) is 14.2 Å². The number of methoxy groups -OCH3 is 2. The molecule has 0 radical (unpaired) electrons. The quantitative estimate of drug-likeness (QED) is 0.751. The smallest absolute Gasteiger partial charge is 0.164 e. The molecular weight excluding hydrogens is 230 g/mol. The molecule has 1 N–H and O–H groups in total. The molecular formula is C14H19NO3. The van der Waals surface area contributed by atoms with Crippen LogP contribution in [0.1, 0.15) is 29.6 Å². The van der Waals surface area contributed by atoms with Crippen LogP contribution in [0.15, 0.2) is 18.2 Å². The first-order valence-corrected chi connectivity index (χ1v) is 6.23. The molecule has 0 spiro atoms. The third-order valence-corrected chi connectivity index (χ3v) is 3.07. The number of carbonyl (C=O) groups excluding carboxylic acids is 1. The molecule has 4 heteroatoms. The van der Waals surface area contributed by atoms with Gasteiger partial charge in [0, 0.05) is 24.6 Å². The van der Waals surface area contributed by atoms with Gasteiger partial charge in [0.2, 0.25) is 0 Å². The molecule has 4 nitrogen and oxygen atoms in total. The molecule has 0 unspecified atom stereocenters. The predicted molar refractivity (Wildman–Crippen MR) is 69.5 cm³/mol. The molecule has 0 aliphatic heterocycles. The van der Waals surface area contributed by atoms with Crippen molar-refractivity contribution in [2.45, 2.75) is 25.3 Å². The maximum absolute atomic E-state index is 12.0. The summed E-state index contributed by atoms with van der Waals surface area (Å²) in [6.07, 6.45) is 3.00. The topological polar surface area (TPSA) is 47.6 Å².